The van der Waals surface area contributed by atoms with Crippen molar-refractivity contribution in [1.82, 2.24) is 24.7 Å². The third-order valence-electron chi connectivity index (χ3n) is 18.4. The predicted octanol–water partition coefficient (Wildman–Crippen LogP) is 9.68. The molecule has 0 amide bonds. The Bertz CT molecular complexity index is 2080. The second-order valence-corrected chi connectivity index (χ2v) is 21.5. The molecule has 10 nitrogen and oxygen atoms in total. The number of aromatic nitrogens is 5. The van der Waals surface area contributed by atoms with Crippen molar-refractivity contribution in [3.8, 4) is 22.6 Å². The Kier molecular flexibility index (Phi) is 10.4. The minimum absolute atomic E-state index is 0.0438. The maximum absolute atomic E-state index is 13.7. The molecule has 3 aromatic heterocycles. The number of nitrogens with two attached hydrogens (primary N) is 1. The lowest BCUT2D eigenvalue weighted by Gasteiger charge is -2.72. The van der Waals surface area contributed by atoms with Gasteiger partial charge in [0.25, 0.3) is 0 Å². The average molecular weight is 807 g/mol. The number of aliphatic carboxylic acids is 1. The summed E-state index contributed by atoms with van der Waals surface area (Å²) in [6.07, 6.45) is 14.9. The third kappa shape index (κ3) is 6.14. The molecule has 1 aliphatic heterocycles. The molecular weight excluding hydrogens is 737 g/mol. The highest BCUT2D eigenvalue weighted by Crippen LogP contribution is 2.76. The second-order valence-electron chi connectivity index (χ2n) is 21.5. The van der Waals surface area contributed by atoms with Crippen molar-refractivity contribution in [2.75, 3.05) is 13.2 Å². The zero-order chi connectivity index (χ0) is 42.5. The van der Waals surface area contributed by atoms with Gasteiger partial charge in [0, 0.05) is 46.1 Å². The molecule has 59 heavy (non-hydrogen) atoms. The number of fused-ring (bicyclic) bond motifs is 3. The van der Waals surface area contributed by atoms with Crippen molar-refractivity contribution in [2.24, 2.45) is 68.3 Å². The Labute approximate surface area is 352 Å². The van der Waals surface area contributed by atoms with Crippen molar-refractivity contribution in [3.63, 3.8) is 0 Å². The lowest BCUT2D eigenvalue weighted by Crippen LogP contribution is -2.71. The molecular formula is C49H70N6O4. The summed E-state index contributed by atoms with van der Waals surface area (Å²) in [7, 11) is 0. The summed E-state index contributed by atoms with van der Waals surface area (Å²) >= 11 is 0. The van der Waals surface area contributed by atoms with E-state index in [1.807, 2.05) is 24.4 Å². The van der Waals surface area contributed by atoms with Gasteiger partial charge in [0.1, 0.15) is 6.33 Å². The van der Waals surface area contributed by atoms with Crippen LogP contribution in [0.3, 0.4) is 0 Å². The van der Waals surface area contributed by atoms with E-state index in [1.165, 1.54) is 5.57 Å². The van der Waals surface area contributed by atoms with Crippen LogP contribution in [0.25, 0.3) is 22.6 Å². The van der Waals surface area contributed by atoms with Gasteiger partial charge in [0.05, 0.1) is 43.1 Å². The number of carboxylic acids is 1. The summed E-state index contributed by atoms with van der Waals surface area (Å²) in [6, 6.07) is 7.89. The molecule has 4 heterocycles. The molecule has 4 fully saturated rings. The van der Waals surface area contributed by atoms with E-state index in [4.69, 9.17) is 30.3 Å². The maximum Gasteiger partial charge on any atom is 0.307 e. The molecule has 0 aromatic carbocycles. The van der Waals surface area contributed by atoms with E-state index >= 15 is 0 Å². The van der Waals surface area contributed by atoms with Crippen LogP contribution in [-0.2, 0) is 14.3 Å². The summed E-state index contributed by atoms with van der Waals surface area (Å²) in [6.45, 7) is 26.0. The zero-order valence-corrected chi connectivity index (χ0v) is 37.5. The molecule has 13 atom stereocenters. The van der Waals surface area contributed by atoms with E-state index in [1.54, 1.807) is 18.7 Å². The molecule has 1 saturated heterocycles. The molecule has 0 radical (unpaired) electrons. The summed E-state index contributed by atoms with van der Waals surface area (Å²) in [5.74, 6) is 1.17. The van der Waals surface area contributed by atoms with Crippen LogP contribution >= 0.6 is 0 Å². The second kappa shape index (κ2) is 14.6. The van der Waals surface area contributed by atoms with E-state index in [0.29, 0.717) is 25.0 Å². The lowest BCUT2D eigenvalue weighted by atomic mass is 9.33. The minimum atomic E-state index is -0.632. The van der Waals surface area contributed by atoms with Gasteiger partial charge in [0.2, 0.25) is 0 Å². The largest absolute Gasteiger partial charge is 0.481 e. The molecule has 3 N–H and O–H groups in total. The van der Waals surface area contributed by atoms with Crippen molar-refractivity contribution in [3.05, 3.63) is 60.8 Å². The number of nitrogens with zero attached hydrogens (tertiary/aromatic N) is 5. The van der Waals surface area contributed by atoms with E-state index in [-0.39, 0.29) is 57.7 Å². The highest BCUT2D eigenvalue weighted by atomic mass is 16.5. The van der Waals surface area contributed by atoms with Crippen molar-refractivity contribution >= 4 is 5.97 Å². The highest BCUT2D eigenvalue weighted by molar-refractivity contribution is 5.73. The SMILES string of the molecule is CC(C)[C@@H](C)[C@@]1(C)CC[C@]2(C)[C@H]3CC[C@H]4[C@@]5(C)CO[C@@H](C)[C@@]4(C[C@@H](n4ncnc4-c4ccnc(-c6ccncc6)c4)[C@@H]5OC[C@](C)(N)C(C)C)C3=CC[C@@]2(C)[C@@H]1C(=O)O. The Balaban J connectivity index is 1.27. The van der Waals surface area contributed by atoms with Crippen LogP contribution in [0.1, 0.15) is 121 Å². The van der Waals surface area contributed by atoms with Crippen molar-refractivity contribution in [2.45, 2.75) is 138 Å². The number of hydrogen-bond donors (Lipinski definition) is 2. The van der Waals surface area contributed by atoms with Gasteiger partial charge in [-0.2, -0.15) is 5.10 Å². The van der Waals surface area contributed by atoms with Crippen LogP contribution in [0.4, 0.5) is 0 Å². The fourth-order valence-electron chi connectivity index (χ4n) is 13.8. The monoisotopic (exact) mass is 807 g/mol. The standard InChI is InChI=1S/C49H70N6O4/c1-29(2)31(5)44(7)19-20-46(9)35-12-13-39-45(8)26-58-32(6)49(39,36(35)14-18-47(46,10)40(44)43(56)57)25-38(41(45)59-27-48(11,50)30(3)4)55-42(53-28-54-55)34-17-23-52-37(24-34)33-15-21-51-22-16-33/h14-17,21-24,28-32,35,38-41H,12-13,18-20,25-27,50H2,1-11H3,(H,56,57)/t31-,32+,35+,38-,39+,40-,41+,44-,45-,46-,47+,48+,49+/m1/s1. The van der Waals surface area contributed by atoms with Crippen LogP contribution in [0, 0.1) is 62.6 Å². The van der Waals surface area contributed by atoms with Crippen LogP contribution in [-0.4, -0.2) is 66.8 Å². The minimum Gasteiger partial charge on any atom is -0.481 e. The average Bonchev–Trinajstić information content (AvgIpc) is 3.69. The molecule has 8 rings (SSSR count). The lowest BCUT2D eigenvalue weighted by molar-refractivity contribution is -0.273. The van der Waals surface area contributed by atoms with Crippen molar-refractivity contribution < 1.29 is 19.4 Å². The van der Waals surface area contributed by atoms with Crippen LogP contribution in [0.2, 0.25) is 0 Å². The Morgan fingerprint density at radius 3 is 2.41 bits per heavy atom. The first kappa shape index (κ1) is 42.2. The molecule has 4 aliphatic carbocycles. The number of carbonyl (C=O) groups is 1. The highest BCUT2D eigenvalue weighted by Gasteiger charge is 2.73. The number of carboxylic acid groups (broad SMARTS) is 1. The van der Waals surface area contributed by atoms with Crippen molar-refractivity contribution in [1.29, 1.82) is 0 Å². The summed E-state index contributed by atoms with van der Waals surface area (Å²) in [5.41, 5.74) is 9.17. The van der Waals surface area contributed by atoms with Gasteiger partial charge < -0.3 is 20.3 Å². The van der Waals surface area contributed by atoms with Gasteiger partial charge in [0.15, 0.2) is 5.82 Å². The molecule has 3 aromatic rings. The third-order valence-corrected chi connectivity index (χ3v) is 18.4. The Morgan fingerprint density at radius 1 is 1.02 bits per heavy atom. The first-order chi connectivity index (χ1) is 27.8. The van der Waals surface area contributed by atoms with Gasteiger partial charge in [-0.15, -0.1) is 0 Å². The normalized spacial score (nSPS) is 39.4. The number of rotatable bonds is 10. The van der Waals surface area contributed by atoms with Gasteiger partial charge in [-0.25, -0.2) is 9.67 Å². The van der Waals surface area contributed by atoms with E-state index in [0.717, 1.165) is 61.2 Å². The molecule has 2 bridgehead atoms. The van der Waals surface area contributed by atoms with Crippen LogP contribution < -0.4 is 5.73 Å². The van der Waals surface area contributed by atoms with Gasteiger partial charge >= 0.3 is 5.97 Å². The fourth-order valence-corrected chi connectivity index (χ4v) is 13.8. The summed E-state index contributed by atoms with van der Waals surface area (Å²) < 4.78 is 16.5. The van der Waals surface area contributed by atoms with Gasteiger partial charge in [-0.05, 0) is 122 Å². The van der Waals surface area contributed by atoms with E-state index in [2.05, 4.69) is 98.0 Å². The maximum atomic E-state index is 13.7. The smallest absolute Gasteiger partial charge is 0.307 e. The predicted molar refractivity (Wildman–Crippen MR) is 231 cm³/mol. The van der Waals surface area contributed by atoms with E-state index < -0.39 is 22.8 Å². The Hall–Kier alpha value is -3.47. The first-order valence-electron chi connectivity index (χ1n) is 22.5. The molecule has 5 aliphatic rings. The summed E-state index contributed by atoms with van der Waals surface area (Å²) in [5, 5.41) is 16.3. The first-order valence-corrected chi connectivity index (χ1v) is 22.5. The van der Waals surface area contributed by atoms with E-state index in [9.17, 15) is 9.90 Å². The molecule has 0 spiro atoms. The molecule has 10 heteroatoms. The van der Waals surface area contributed by atoms with Gasteiger partial charge in [-0.1, -0.05) is 74.0 Å². The van der Waals surface area contributed by atoms with Crippen LogP contribution in [0.15, 0.2) is 60.8 Å². The number of ether oxygens (including phenoxy) is 2. The number of allylic oxidation sites excluding steroid dienone is 1. The van der Waals surface area contributed by atoms with Crippen LogP contribution in [0.5, 0.6) is 0 Å². The fraction of sp³-hybridized carbons (Fsp3) is 0.694. The number of pyridine rings is 2. The quantitative estimate of drug-likeness (QED) is 0.192. The molecule has 320 valence electrons. The van der Waals surface area contributed by atoms with Gasteiger partial charge in [-0.3, -0.25) is 14.8 Å². The molecule has 0 unspecified atom stereocenters. The molecule has 3 saturated carbocycles. The summed E-state index contributed by atoms with van der Waals surface area (Å²) in [4.78, 5) is 27.6. The number of hydrogen-bond acceptors (Lipinski definition) is 8. The zero-order valence-electron chi connectivity index (χ0n) is 37.5. The topological polar surface area (TPSA) is 138 Å². The Morgan fingerprint density at radius 2 is 1.73 bits per heavy atom.